The number of likely N-dealkylation sites (N-methyl/N-ethyl adjacent to an activating group) is 1. The van der Waals surface area contributed by atoms with E-state index in [4.69, 9.17) is 4.74 Å². The third-order valence-corrected chi connectivity index (χ3v) is 8.12. The van der Waals surface area contributed by atoms with E-state index in [9.17, 15) is 18.0 Å². The van der Waals surface area contributed by atoms with Crippen molar-refractivity contribution in [1.82, 2.24) is 4.90 Å². The van der Waals surface area contributed by atoms with Crippen LogP contribution in [0, 0.1) is 0 Å². The molecule has 1 amide bonds. The number of anilines is 3. The Morgan fingerprint density at radius 2 is 1.59 bits per heavy atom. The molecular formula is C31H36N4O5S. The van der Waals surface area contributed by atoms with Crippen molar-refractivity contribution in [2.45, 2.75) is 20.8 Å². The summed E-state index contributed by atoms with van der Waals surface area (Å²) in [6, 6.07) is 21.6. The number of sulfonamides is 1. The molecule has 0 bridgehead atoms. The van der Waals surface area contributed by atoms with Crippen LogP contribution in [0.3, 0.4) is 0 Å². The summed E-state index contributed by atoms with van der Waals surface area (Å²) < 4.78 is 31.7. The molecular weight excluding hydrogens is 540 g/mol. The van der Waals surface area contributed by atoms with Crippen LogP contribution in [0.2, 0.25) is 0 Å². The van der Waals surface area contributed by atoms with Gasteiger partial charge in [-0.2, -0.15) is 0 Å². The van der Waals surface area contributed by atoms with Gasteiger partial charge >= 0.3 is 5.97 Å². The molecule has 0 saturated carbocycles. The number of rotatable bonds is 12. The summed E-state index contributed by atoms with van der Waals surface area (Å²) in [6.07, 6.45) is 1.21. The van der Waals surface area contributed by atoms with Gasteiger partial charge < -0.3 is 20.3 Å². The van der Waals surface area contributed by atoms with E-state index in [1.165, 1.54) is 10.6 Å². The predicted octanol–water partition coefficient (Wildman–Crippen LogP) is 4.90. The van der Waals surface area contributed by atoms with Crippen molar-refractivity contribution in [2.24, 2.45) is 0 Å². The molecule has 41 heavy (non-hydrogen) atoms. The lowest BCUT2D eigenvalue weighted by Gasteiger charge is -2.26. The number of fused-ring (bicyclic) bond motifs is 1. The maximum atomic E-state index is 13.3. The molecule has 3 aromatic carbocycles. The van der Waals surface area contributed by atoms with Gasteiger partial charge in [0.2, 0.25) is 10.0 Å². The number of hydrogen-bond donors (Lipinski definition) is 2. The maximum absolute atomic E-state index is 13.3. The molecule has 0 aromatic heterocycles. The van der Waals surface area contributed by atoms with Crippen LogP contribution in [-0.2, 0) is 19.6 Å². The monoisotopic (exact) mass is 576 g/mol. The minimum atomic E-state index is -3.49. The molecule has 0 spiro atoms. The molecule has 3 aromatic rings. The van der Waals surface area contributed by atoms with Gasteiger partial charge in [-0.1, -0.05) is 50.2 Å². The summed E-state index contributed by atoms with van der Waals surface area (Å²) in [6.45, 7) is 8.75. The quantitative estimate of drug-likeness (QED) is 0.233. The average Bonchev–Trinajstić information content (AvgIpc) is 3.29. The predicted molar refractivity (Wildman–Crippen MR) is 164 cm³/mol. The Balaban J connectivity index is 1.69. The topological polar surface area (TPSA) is 108 Å². The van der Waals surface area contributed by atoms with Gasteiger partial charge in [0.05, 0.1) is 41.1 Å². The number of carbonyl (C=O) groups excluding carboxylic acids is 2. The molecule has 0 atom stereocenters. The highest BCUT2D eigenvalue weighted by Gasteiger charge is 2.29. The van der Waals surface area contributed by atoms with Crippen molar-refractivity contribution in [2.75, 3.05) is 54.0 Å². The summed E-state index contributed by atoms with van der Waals surface area (Å²) >= 11 is 0. The van der Waals surface area contributed by atoms with Gasteiger partial charge in [0.15, 0.2) is 0 Å². The highest BCUT2D eigenvalue weighted by atomic mass is 32.2. The van der Waals surface area contributed by atoms with E-state index >= 15 is 0 Å². The molecule has 0 saturated heterocycles. The van der Waals surface area contributed by atoms with Crippen LogP contribution in [-0.4, -0.2) is 64.2 Å². The smallest absolute Gasteiger partial charge is 0.338 e. The fourth-order valence-corrected chi connectivity index (χ4v) is 5.68. The summed E-state index contributed by atoms with van der Waals surface area (Å²) in [7, 11) is -3.49. The van der Waals surface area contributed by atoms with Crippen LogP contribution in [0.15, 0.2) is 72.8 Å². The SMILES string of the molecule is CCOC(=O)c1ccc2c(c1)NC(=O)/C2=C(\Nc1ccc(N(CCN(CC)CC)S(C)(=O)=O)cc1)c1ccccc1. The van der Waals surface area contributed by atoms with Gasteiger partial charge in [-0.25, -0.2) is 13.2 Å². The fourth-order valence-electron chi connectivity index (χ4n) is 4.76. The normalized spacial score (nSPS) is 13.9. The third-order valence-electron chi connectivity index (χ3n) is 6.93. The number of nitrogens with one attached hydrogen (secondary N) is 2. The number of esters is 1. The molecule has 2 N–H and O–H groups in total. The first-order valence-corrected chi connectivity index (χ1v) is 15.5. The second kappa shape index (κ2) is 13.0. The van der Waals surface area contributed by atoms with Crippen molar-refractivity contribution in [1.29, 1.82) is 0 Å². The minimum absolute atomic E-state index is 0.256. The maximum Gasteiger partial charge on any atom is 0.338 e. The Hall–Kier alpha value is -4.15. The van der Waals surface area contributed by atoms with E-state index in [1.54, 1.807) is 49.4 Å². The van der Waals surface area contributed by atoms with E-state index < -0.39 is 16.0 Å². The van der Waals surface area contributed by atoms with Crippen LogP contribution >= 0.6 is 0 Å². The number of carbonyl (C=O) groups is 2. The lowest BCUT2D eigenvalue weighted by molar-refractivity contribution is -0.110. The van der Waals surface area contributed by atoms with Gasteiger partial charge in [-0.05, 0) is 62.0 Å². The molecule has 0 radical (unpaired) electrons. The van der Waals surface area contributed by atoms with Gasteiger partial charge in [0.1, 0.15) is 0 Å². The highest BCUT2D eigenvalue weighted by Crippen LogP contribution is 2.38. The largest absolute Gasteiger partial charge is 0.462 e. The summed E-state index contributed by atoms with van der Waals surface area (Å²) in [4.78, 5) is 27.7. The zero-order valence-corrected chi connectivity index (χ0v) is 24.6. The van der Waals surface area contributed by atoms with Gasteiger partial charge in [-0.3, -0.25) is 9.10 Å². The van der Waals surface area contributed by atoms with E-state index in [2.05, 4.69) is 29.4 Å². The van der Waals surface area contributed by atoms with Gasteiger partial charge in [0, 0.05) is 24.3 Å². The highest BCUT2D eigenvalue weighted by molar-refractivity contribution is 7.92. The number of benzene rings is 3. The minimum Gasteiger partial charge on any atom is -0.462 e. The lowest BCUT2D eigenvalue weighted by Crippen LogP contribution is -2.38. The molecule has 1 aliphatic rings. The van der Waals surface area contributed by atoms with E-state index in [0.717, 1.165) is 18.7 Å². The lowest BCUT2D eigenvalue weighted by atomic mass is 9.99. The van der Waals surface area contributed by atoms with E-state index in [-0.39, 0.29) is 12.5 Å². The Bertz CT molecular complexity index is 1530. The average molecular weight is 577 g/mol. The van der Waals surface area contributed by atoms with Crippen molar-refractivity contribution in [3.63, 3.8) is 0 Å². The van der Waals surface area contributed by atoms with Crippen LogP contribution < -0.4 is 14.9 Å². The summed E-state index contributed by atoms with van der Waals surface area (Å²) in [5.41, 5.74) is 4.59. The van der Waals surface area contributed by atoms with Crippen LogP contribution in [0.1, 0.15) is 42.3 Å². The first-order valence-electron chi connectivity index (χ1n) is 13.7. The molecule has 216 valence electrons. The molecule has 1 aliphatic heterocycles. The van der Waals surface area contributed by atoms with Crippen molar-refractivity contribution >= 4 is 50.2 Å². The Labute approximate surface area is 241 Å². The van der Waals surface area contributed by atoms with Gasteiger partial charge in [0.25, 0.3) is 5.91 Å². The fraction of sp³-hybridized carbons (Fsp3) is 0.290. The zero-order valence-electron chi connectivity index (χ0n) is 23.8. The van der Waals surface area contributed by atoms with Crippen molar-refractivity contribution in [3.05, 3.63) is 89.5 Å². The third kappa shape index (κ3) is 6.96. The number of nitrogens with zero attached hydrogens (tertiary/aromatic N) is 2. The zero-order chi connectivity index (χ0) is 29.6. The first-order chi connectivity index (χ1) is 19.7. The molecule has 0 unspecified atom stereocenters. The van der Waals surface area contributed by atoms with Crippen molar-refractivity contribution in [3.8, 4) is 0 Å². The van der Waals surface area contributed by atoms with Crippen LogP contribution in [0.5, 0.6) is 0 Å². The molecule has 9 nitrogen and oxygen atoms in total. The van der Waals surface area contributed by atoms with E-state index in [0.29, 0.717) is 52.5 Å². The van der Waals surface area contributed by atoms with Crippen LogP contribution in [0.25, 0.3) is 11.3 Å². The van der Waals surface area contributed by atoms with Gasteiger partial charge in [-0.15, -0.1) is 0 Å². The van der Waals surface area contributed by atoms with E-state index in [1.807, 2.05) is 30.3 Å². The first kappa shape index (κ1) is 29.8. The summed E-state index contributed by atoms with van der Waals surface area (Å²) in [5, 5.41) is 6.26. The number of hydrogen-bond acceptors (Lipinski definition) is 7. The Morgan fingerprint density at radius 3 is 2.20 bits per heavy atom. The Morgan fingerprint density at radius 1 is 0.902 bits per heavy atom. The Kier molecular flexibility index (Phi) is 9.46. The molecule has 4 rings (SSSR count). The van der Waals surface area contributed by atoms with Crippen LogP contribution in [0.4, 0.5) is 17.1 Å². The second-order valence-electron chi connectivity index (χ2n) is 9.58. The van der Waals surface area contributed by atoms with Crippen molar-refractivity contribution < 1.29 is 22.7 Å². The number of ether oxygens (including phenoxy) is 1. The summed E-state index contributed by atoms with van der Waals surface area (Å²) in [5.74, 6) is -0.757. The molecule has 10 heteroatoms. The number of amides is 1. The second-order valence-corrected chi connectivity index (χ2v) is 11.5. The molecule has 1 heterocycles. The molecule has 0 fully saturated rings. The standard InChI is InChI=1S/C31H36N4O5S/c1-5-34(6-2)19-20-35(41(4,38)39)25-16-14-24(15-17-25)32-29(22-11-9-8-10-12-22)28-26-18-13-23(31(37)40-7-3)21-27(26)33-30(28)36/h8-18,21,32H,5-7,19-20H2,1-4H3,(H,33,36)/b29-28-. The molecule has 0 aliphatic carbocycles.